The van der Waals surface area contributed by atoms with Gasteiger partial charge in [0.2, 0.25) is 0 Å². The number of hydrogen-bond acceptors (Lipinski definition) is 5. The SMILES string of the molecule is CC(C)(C)c1cccc(NC(=O)Nc2ccc(-n3ccc(=O)c4c(N)ncnc43)cc2)c1. The zero-order valence-electron chi connectivity index (χ0n) is 18.1. The second-order valence-electron chi connectivity index (χ2n) is 8.46. The van der Waals surface area contributed by atoms with E-state index in [2.05, 4.69) is 41.4 Å². The topological polar surface area (TPSA) is 115 Å². The van der Waals surface area contributed by atoms with Crippen LogP contribution >= 0.6 is 0 Å². The number of rotatable bonds is 3. The van der Waals surface area contributed by atoms with E-state index in [4.69, 9.17) is 5.73 Å². The average Bonchev–Trinajstić information content (AvgIpc) is 2.74. The summed E-state index contributed by atoms with van der Waals surface area (Å²) in [5, 5.41) is 5.97. The van der Waals surface area contributed by atoms with Crippen LogP contribution in [-0.4, -0.2) is 20.6 Å². The summed E-state index contributed by atoms with van der Waals surface area (Å²) in [6.07, 6.45) is 2.96. The van der Waals surface area contributed by atoms with E-state index in [-0.39, 0.29) is 28.1 Å². The summed E-state index contributed by atoms with van der Waals surface area (Å²) >= 11 is 0. The van der Waals surface area contributed by atoms with E-state index in [1.54, 1.807) is 22.9 Å². The highest BCUT2D eigenvalue weighted by Crippen LogP contribution is 2.25. The van der Waals surface area contributed by atoms with Crippen molar-refractivity contribution in [2.45, 2.75) is 26.2 Å². The number of urea groups is 1. The van der Waals surface area contributed by atoms with E-state index >= 15 is 0 Å². The Morgan fingerprint density at radius 2 is 1.69 bits per heavy atom. The van der Waals surface area contributed by atoms with Gasteiger partial charge >= 0.3 is 6.03 Å². The van der Waals surface area contributed by atoms with E-state index in [1.165, 1.54) is 12.4 Å². The van der Waals surface area contributed by atoms with E-state index in [0.29, 0.717) is 11.3 Å². The molecule has 2 aromatic heterocycles. The fourth-order valence-corrected chi connectivity index (χ4v) is 3.38. The minimum Gasteiger partial charge on any atom is -0.383 e. The molecule has 4 rings (SSSR count). The molecule has 32 heavy (non-hydrogen) atoms. The fraction of sp³-hybridized carbons (Fsp3) is 0.167. The largest absolute Gasteiger partial charge is 0.383 e. The summed E-state index contributed by atoms with van der Waals surface area (Å²) in [4.78, 5) is 32.7. The quantitative estimate of drug-likeness (QED) is 0.450. The van der Waals surface area contributed by atoms with Crippen molar-refractivity contribution >= 4 is 34.3 Å². The molecule has 0 atom stereocenters. The van der Waals surface area contributed by atoms with Gasteiger partial charge in [-0.15, -0.1) is 0 Å². The Balaban J connectivity index is 1.52. The van der Waals surface area contributed by atoms with Gasteiger partial charge in [0.1, 0.15) is 17.5 Å². The lowest BCUT2D eigenvalue weighted by atomic mass is 9.87. The number of carbonyl (C=O) groups is 1. The van der Waals surface area contributed by atoms with Gasteiger partial charge < -0.3 is 20.9 Å². The molecule has 0 aliphatic heterocycles. The molecular formula is C24H24N6O2. The van der Waals surface area contributed by atoms with Crippen molar-refractivity contribution in [1.82, 2.24) is 14.5 Å². The molecule has 0 aliphatic rings. The monoisotopic (exact) mass is 428 g/mol. The highest BCUT2D eigenvalue weighted by molar-refractivity contribution is 5.99. The highest BCUT2D eigenvalue weighted by atomic mass is 16.2. The predicted molar refractivity (Wildman–Crippen MR) is 127 cm³/mol. The molecule has 0 fully saturated rings. The number of anilines is 3. The molecule has 4 N–H and O–H groups in total. The second-order valence-corrected chi connectivity index (χ2v) is 8.46. The third-order valence-electron chi connectivity index (χ3n) is 5.10. The molecule has 2 aromatic carbocycles. The molecule has 0 spiro atoms. The highest BCUT2D eigenvalue weighted by Gasteiger charge is 2.14. The smallest absolute Gasteiger partial charge is 0.323 e. The molecule has 0 saturated carbocycles. The fourth-order valence-electron chi connectivity index (χ4n) is 3.38. The summed E-state index contributed by atoms with van der Waals surface area (Å²) in [6.45, 7) is 6.37. The van der Waals surface area contributed by atoms with Crippen LogP contribution in [0.5, 0.6) is 0 Å². The Bertz CT molecular complexity index is 1350. The van der Waals surface area contributed by atoms with Crippen molar-refractivity contribution in [3.05, 3.63) is 82.9 Å². The van der Waals surface area contributed by atoms with Gasteiger partial charge in [0.25, 0.3) is 0 Å². The maximum atomic E-state index is 12.5. The molecule has 162 valence electrons. The van der Waals surface area contributed by atoms with Crippen LogP contribution in [0.2, 0.25) is 0 Å². The molecule has 8 nitrogen and oxygen atoms in total. The van der Waals surface area contributed by atoms with E-state index in [9.17, 15) is 9.59 Å². The number of nitrogens with one attached hydrogen (secondary N) is 2. The normalized spacial score (nSPS) is 11.3. The van der Waals surface area contributed by atoms with Crippen molar-refractivity contribution in [2.75, 3.05) is 16.4 Å². The van der Waals surface area contributed by atoms with Gasteiger partial charge in [0.05, 0.1) is 0 Å². The summed E-state index contributed by atoms with van der Waals surface area (Å²) in [5.74, 6) is 0.139. The zero-order valence-corrected chi connectivity index (χ0v) is 18.1. The number of carbonyl (C=O) groups excluding carboxylic acids is 1. The van der Waals surface area contributed by atoms with Gasteiger partial charge in [0, 0.05) is 29.3 Å². The lowest BCUT2D eigenvalue weighted by Gasteiger charge is -2.20. The molecular weight excluding hydrogens is 404 g/mol. The summed E-state index contributed by atoms with van der Waals surface area (Å²) in [7, 11) is 0. The predicted octanol–water partition coefficient (Wildman–Crippen LogP) is 4.30. The van der Waals surface area contributed by atoms with Crippen LogP contribution in [0.25, 0.3) is 16.7 Å². The van der Waals surface area contributed by atoms with E-state index in [1.807, 2.05) is 36.4 Å². The first-order valence-corrected chi connectivity index (χ1v) is 10.1. The number of nitrogens with two attached hydrogens (primary N) is 1. The van der Waals surface area contributed by atoms with Crippen LogP contribution < -0.4 is 21.8 Å². The van der Waals surface area contributed by atoms with Crippen LogP contribution in [0.15, 0.2) is 71.9 Å². The van der Waals surface area contributed by atoms with Crippen molar-refractivity contribution < 1.29 is 4.79 Å². The summed E-state index contributed by atoms with van der Waals surface area (Å²) in [5.41, 5.74) is 9.28. The van der Waals surface area contributed by atoms with Crippen LogP contribution in [0.4, 0.5) is 22.0 Å². The number of nitrogen functional groups attached to an aromatic ring is 1. The van der Waals surface area contributed by atoms with Gasteiger partial charge in [-0.05, 0) is 47.4 Å². The van der Waals surface area contributed by atoms with Crippen LogP contribution in [0, 0.1) is 0 Å². The molecule has 0 saturated heterocycles. The van der Waals surface area contributed by atoms with Crippen molar-refractivity contribution in [3.8, 4) is 5.69 Å². The summed E-state index contributed by atoms with van der Waals surface area (Å²) in [6, 6.07) is 16.1. The second kappa shape index (κ2) is 8.14. The van der Waals surface area contributed by atoms with Gasteiger partial charge in [-0.1, -0.05) is 32.9 Å². The Morgan fingerprint density at radius 1 is 0.969 bits per heavy atom. The first-order chi connectivity index (χ1) is 15.2. The molecule has 0 aliphatic carbocycles. The van der Waals surface area contributed by atoms with Gasteiger partial charge in [0.15, 0.2) is 11.1 Å². The standard InChI is InChI=1S/C24H24N6O2/c1-24(2,3)15-5-4-6-17(13-15)29-23(32)28-16-7-9-18(10-8-16)30-12-11-19(31)20-21(25)26-14-27-22(20)30/h4-14H,1-3H3,(H2,25,26,27)(H2,28,29,32). The molecule has 4 aromatic rings. The number of pyridine rings is 1. The van der Waals surface area contributed by atoms with Gasteiger partial charge in [-0.2, -0.15) is 0 Å². The Morgan fingerprint density at radius 3 is 2.41 bits per heavy atom. The van der Waals surface area contributed by atoms with Gasteiger partial charge in [-0.3, -0.25) is 4.79 Å². The zero-order chi connectivity index (χ0) is 22.9. The number of fused-ring (bicyclic) bond motifs is 1. The number of hydrogen-bond donors (Lipinski definition) is 3. The van der Waals surface area contributed by atoms with Crippen LogP contribution in [0.3, 0.4) is 0 Å². The lowest BCUT2D eigenvalue weighted by molar-refractivity contribution is 0.262. The number of benzene rings is 2. The van der Waals surface area contributed by atoms with E-state index < -0.39 is 0 Å². The first-order valence-electron chi connectivity index (χ1n) is 10.1. The average molecular weight is 428 g/mol. The molecule has 0 bridgehead atoms. The molecule has 2 heterocycles. The summed E-state index contributed by atoms with van der Waals surface area (Å²) < 4.78 is 1.75. The molecule has 2 amide bonds. The van der Waals surface area contributed by atoms with Gasteiger partial charge in [-0.25, -0.2) is 14.8 Å². The molecule has 8 heteroatoms. The van der Waals surface area contributed by atoms with Crippen molar-refractivity contribution in [3.63, 3.8) is 0 Å². The number of nitrogens with zero attached hydrogens (tertiary/aromatic N) is 3. The minimum atomic E-state index is -0.335. The van der Waals surface area contributed by atoms with Crippen molar-refractivity contribution in [1.29, 1.82) is 0 Å². The lowest BCUT2D eigenvalue weighted by Crippen LogP contribution is -2.20. The molecule has 0 radical (unpaired) electrons. The maximum Gasteiger partial charge on any atom is 0.323 e. The van der Waals surface area contributed by atoms with E-state index in [0.717, 1.165) is 16.9 Å². The Hall–Kier alpha value is -4.20. The number of aromatic nitrogens is 3. The van der Waals surface area contributed by atoms with Crippen LogP contribution in [0.1, 0.15) is 26.3 Å². The van der Waals surface area contributed by atoms with Crippen LogP contribution in [-0.2, 0) is 5.41 Å². The van der Waals surface area contributed by atoms with Crippen molar-refractivity contribution in [2.24, 2.45) is 0 Å². The maximum absolute atomic E-state index is 12.5. The third kappa shape index (κ3) is 4.29. The molecule has 0 unspecified atom stereocenters. The first kappa shape index (κ1) is 21.0. The minimum absolute atomic E-state index is 0.00822. The third-order valence-corrected chi connectivity index (χ3v) is 5.10. The number of amides is 2. The Labute approximate surface area is 185 Å². The Kier molecular flexibility index (Phi) is 5.36.